The van der Waals surface area contributed by atoms with Crippen LogP contribution in [0.4, 0.5) is 0 Å². The van der Waals surface area contributed by atoms with Crippen molar-refractivity contribution >= 4 is 17.3 Å². The van der Waals surface area contributed by atoms with Crippen molar-refractivity contribution in [3.05, 3.63) is 21.9 Å². The molecule has 0 fully saturated rings. The van der Waals surface area contributed by atoms with Gasteiger partial charge in [0.05, 0.1) is 5.92 Å². The molecule has 1 atom stereocenters. The largest absolute Gasteiger partial charge is 0.481 e. The Morgan fingerprint density at radius 2 is 2.31 bits per heavy atom. The van der Waals surface area contributed by atoms with Crippen LogP contribution in [0.3, 0.4) is 0 Å². The van der Waals surface area contributed by atoms with E-state index in [0.29, 0.717) is 6.42 Å². The lowest BCUT2D eigenvalue weighted by atomic mass is 10.1. The third kappa shape index (κ3) is 3.94. The minimum atomic E-state index is -0.708. The van der Waals surface area contributed by atoms with Crippen molar-refractivity contribution in [3.8, 4) is 0 Å². The van der Waals surface area contributed by atoms with Crippen LogP contribution in [-0.2, 0) is 11.3 Å². The van der Waals surface area contributed by atoms with Crippen molar-refractivity contribution < 1.29 is 9.90 Å². The summed E-state index contributed by atoms with van der Waals surface area (Å²) in [6.07, 6.45) is 0.705. The van der Waals surface area contributed by atoms with Crippen molar-refractivity contribution in [2.45, 2.75) is 26.8 Å². The monoisotopic (exact) mass is 241 g/mol. The van der Waals surface area contributed by atoms with Gasteiger partial charge in [-0.2, -0.15) is 0 Å². The Hall–Kier alpha value is -0.870. The average Bonchev–Trinajstić information content (AvgIpc) is 2.60. The van der Waals surface area contributed by atoms with Gasteiger partial charge in [-0.25, -0.2) is 0 Å². The number of hydrogen-bond donors (Lipinski definition) is 1. The van der Waals surface area contributed by atoms with E-state index in [2.05, 4.69) is 23.3 Å². The Morgan fingerprint density at radius 3 is 2.81 bits per heavy atom. The Balaban J connectivity index is 2.34. The molecule has 4 heteroatoms. The van der Waals surface area contributed by atoms with Crippen LogP contribution in [0.2, 0.25) is 0 Å². The van der Waals surface area contributed by atoms with Gasteiger partial charge in [-0.15, -0.1) is 11.3 Å². The summed E-state index contributed by atoms with van der Waals surface area (Å²) in [6, 6.07) is 2.12. The molecular formula is C12H19NO2S. The summed E-state index contributed by atoms with van der Waals surface area (Å²) in [7, 11) is 2.04. The van der Waals surface area contributed by atoms with Crippen LogP contribution in [0, 0.1) is 12.8 Å². The molecule has 16 heavy (non-hydrogen) atoms. The molecule has 90 valence electrons. The van der Waals surface area contributed by atoms with Crippen LogP contribution in [0.15, 0.2) is 11.4 Å². The van der Waals surface area contributed by atoms with E-state index < -0.39 is 5.97 Å². The fourth-order valence-corrected chi connectivity index (χ4v) is 2.41. The van der Waals surface area contributed by atoms with Gasteiger partial charge in [0.2, 0.25) is 0 Å². The van der Waals surface area contributed by atoms with Crippen molar-refractivity contribution in [2.75, 3.05) is 13.6 Å². The molecule has 0 aromatic carbocycles. The van der Waals surface area contributed by atoms with E-state index in [0.717, 1.165) is 13.1 Å². The molecule has 3 nitrogen and oxygen atoms in total. The Morgan fingerprint density at radius 1 is 1.62 bits per heavy atom. The molecule has 0 saturated heterocycles. The van der Waals surface area contributed by atoms with E-state index in [9.17, 15) is 4.79 Å². The highest BCUT2D eigenvalue weighted by Gasteiger charge is 2.12. The molecular weight excluding hydrogens is 222 g/mol. The van der Waals surface area contributed by atoms with Crippen molar-refractivity contribution in [1.29, 1.82) is 0 Å². The maximum absolute atomic E-state index is 10.7. The second kappa shape index (κ2) is 6.01. The second-order valence-corrected chi connectivity index (χ2v) is 5.29. The maximum atomic E-state index is 10.7. The van der Waals surface area contributed by atoms with Crippen LogP contribution >= 0.6 is 11.3 Å². The van der Waals surface area contributed by atoms with Gasteiger partial charge in [0, 0.05) is 11.4 Å². The number of aliphatic carboxylic acids is 1. The van der Waals surface area contributed by atoms with Crippen LogP contribution < -0.4 is 0 Å². The third-order valence-corrected chi connectivity index (χ3v) is 3.75. The number of aryl methyl sites for hydroxylation is 1. The summed E-state index contributed by atoms with van der Waals surface area (Å²) in [4.78, 5) is 14.2. The van der Waals surface area contributed by atoms with Gasteiger partial charge in [-0.05, 0) is 43.9 Å². The van der Waals surface area contributed by atoms with E-state index in [1.54, 1.807) is 18.3 Å². The zero-order valence-corrected chi connectivity index (χ0v) is 10.9. The van der Waals surface area contributed by atoms with Gasteiger partial charge in [0.25, 0.3) is 0 Å². The number of carboxylic acid groups (broad SMARTS) is 1. The minimum absolute atomic E-state index is 0.258. The lowest BCUT2D eigenvalue weighted by Crippen LogP contribution is -2.23. The molecule has 1 aromatic rings. The predicted octanol–water partition coefficient (Wildman–Crippen LogP) is 2.60. The molecule has 0 aliphatic carbocycles. The molecule has 1 unspecified atom stereocenters. The number of thiophene rings is 1. The van der Waals surface area contributed by atoms with E-state index in [-0.39, 0.29) is 5.92 Å². The highest BCUT2D eigenvalue weighted by atomic mass is 32.1. The summed E-state index contributed by atoms with van der Waals surface area (Å²) in [5, 5.41) is 10.9. The van der Waals surface area contributed by atoms with Gasteiger partial charge in [-0.3, -0.25) is 4.79 Å². The first-order chi connectivity index (χ1) is 7.50. The van der Waals surface area contributed by atoms with Gasteiger partial charge >= 0.3 is 5.97 Å². The molecule has 0 spiro atoms. The number of rotatable bonds is 6. The summed E-state index contributed by atoms with van der Waals surface area (Å²) < 4.78 is 0. The lowest BCUT2D eigenvalue weighted by Gasteiger charge is -2.17. The molecule has 0 saturated carbocycles. The summed E-state index contributed by atoms with van der Waals surface area (Å²) in [5.41, 5.74) is 1.32. The highest BCUT2D eigenvalue weighted by molar-refractivity contribution is 7.10. The van der Waals surface area contributed by atoms with Crippen LogP contribution in [0.25, 0.3) is 0 Å². The highest BCUT2D eigenvalue weighted by Crippen LogP contribution is 2.17. The van der Waals surface area contributed by atoms with Gasteiger partial charge in [-0.1, -0.05) is 6.92 Å². The Kier molecular flexibility index (Phi) is 4.96. The first-order valence-electron chi connectivity index (χ1n) is 5.45. The SMILES string of the molecule is Cc1ccsc1CN(C)CCC(C)C(=O)O. The summed E-state index contributed by atoms with van der Waals surface area (Å²) in [6.45, 7) is 5.60. The summed E-state index contributed by atoms with van der Waals surface area (Å²) in [5.74, 6) is -0.965. The lowest BCUT2D eigenvalue weighted by molar-refractivity contribution is -0.141. The fraction of sp³-hybridized carbons (Fsp3) is 0.583. The van der Waals surface area contributed by atoms with Crippen molar-refractivity contribution in [1.82, 2.24) is 4.90 Å². The quantitative estimate of drug-likeness (QED) is 0.832. The number of carbonyl (C=O) groups is 1. The van der Waals surface area contributed by atoms with E-state index in [1.807, 2.05) is 7.05 Å². The normalized spacial score (nSPS) is 13.0. The first-order valence-corrected chi connectivity index (χ1v) is 6.33. The molecule has 0 aliphatic rings. The van der Waals surface area contributed by atoms with Gasteiger partial charge in [0.15, 0.2) is 0 Å². The topological polar surface area (TPSA) is 40.5 Å². The molecule has 0 aliphatic heterocycles. The van der Waals surface area contributed by atoms with E-state index in [1.165, 1.54) is 10.4 Å². The summed E-state index contributed by atoms with van der Waals surface area (Å²) >= 11 is 1.76. The van der Waals surface area contributed by atoms with Crippen molar-refractivity contribution in [2.24, 2.45) is 5.92 Å². The van der Waals surface area contributed by atoms with Gasteiger partial charge in [0.1, 0.15) is 0 Å². The zero-order chi connectivity index (χ0) is 12.1. The molecule has 1 rings (SSSR count). The molecule has 0 radical (unpaired) electrons. The zero-order valence-electron chi connectivity index (χ0n) is 10.1. The fourth-order valence-electron chi connectivity index (χ4n) is 1.43. The van der Waals surface area contributed by atoms with E-state index >= 15 is 0 Å². The maximum Gasteiger partial charge on any atom is 0.306 e. The van der Waals surface area contributed by atoms with Gasteiger partial charge < -0.3 is 10.0 Å². The van der Waals surface area contributed by atoms with Crippen LogP contribution in [-0.4, -0.2) is 29.6 Å². The Labute approximate surface area is 101 Å². The number of nitrogens with zero attached hydrogens (tertiary/aromatic N) is 1. The molecule has 0 amide bonds. The molecule has 1 aromatic heterocycles. The Bertz CT molecular complexity index is 349. The number of hydrogen-bond acceptors (Lipinski definition) is 3. The molecule has 1 N–H and O–H groups in total. The molecule has 1 heterocycles. The third-order valence-electron chi connectivity index (χ3n) is 2.75. The molecule has 0 bridgehead atoms. The van der Waals surface area contributed by atoms with Crippen molar-refractivity contribution in [3.63, 3.8) is 0 Å². The number of carboxylic acids is 1. The predicted molar refractivity (Wildman–Crippen MR) is 66.8 cm³/mol. The smallest absolute Gasteiger partial charge is 0.306 e. The standard InChI is InChI=1S/C12H19NO2S/c1-9-5-7-16-11(9)8-13(3)6-4-10(2)12(14)15/h5,7,10H,4,6,8H2,1-3H3,(H,14,15). The van der Waals surface area contributed by atoms with Crippen LogP contribution in [0.5, 0.6) is 0 Å². The van der Waals surface area contributed by atoms with E-state index in [4.69, 9.17) is 5.11 Å². The first kappa shape index (κ1) is 13.2. The van der Waals surface area contributed by atoms with Crippen LogP contribution in [0.1, 0.15) is 23.8 Å². The second-order valence-electron chi connectivity index (χ2n) is 4.29. The average molecular weight is 241 g/mol. The minimum Gasteiger partial charge on any atom is -0.481 e.